The van der Waals surface area contributed by atoms with Gasteiger partial charge in [0.05, 0.1) is 0 Å². The van der Waals surface area contributed by atoms with Gasteiger partial charge in [-0.15, -0.1) is 0 Å². The van der Waals surface area contributed by atoms with Gasteiger partial charge in [0.1, 0.15) is 13.2 Å². The second-order valence-corrected chi connectivity index (χ2v) is 22.4. The number of rotatable bonds is 61. The van der Waals surface area contributed by atoms with Crippen molar-refractivity contribution in [1.29, 1.82) is 0 Å². The van der Waals surface area contributed by atoms with Crippen LogP contribution >= 0.6 is 0 Å². The Balaban J connectivity index is 3.98. The minimum Gasteiger partial charge on any atom is -0.462 e. The van der Waals surface area contributed by atoms with Crippen LogP contribution in [-0.2, 0) is 28.6 Å². The summed E-state index contributed by atoms with van der Waals surface area (Å²) in [5, 5.41) is 0. The summed E-state index contributed by atoms with van der Waals surface area (Å²) in [5.74, 6) is -0.985. The van der Waals surface area contributed by atoms with Crippen molar-refractivity contribution in [3.05, 3.63) is 60.8 Å². The molecule has 0 spiro atoms. The Morgan fingerprint density at radius 1 is 0.276 bits per heavy atom. The van der Waals surface area contributed by atoms with Gasteiger partial charge in [-0.3, -0.25) is 14.4 Å². The van der Waals surface area contributed by atoms with Gasteiger partial charge in [-0.1, -0.05) is 326 Å². The van der Waals surface area contributed by atoms with E-state index in [0.29, 0.717) is 19.3 Å². The van der Waals surface area contributed by atoms with Crippen molar-refractivity contribution in [2.75, 3.05) is 13.2 Å². The van der Waals surface area contributed by atoms with Crippen LogP contribution in [0.15, 0.2) is 60.8 Å². The Bertz CT molecular complexity index is 1360. The van der Waals surface area contributed by atoms with Gasteiger partial charge in [0.15, 0.2) is 6.10 Å². The number of ether oxygens (including phenoxy) is 3. The van der Waals surface area contributed by atoms with Gasteiger partial charge in [0.25, 0.3) is 0 Å². The number of esters is 3. The molecular formula is C70H126O6. The molecule has 0 fully saturated rings. The van der Waals surface area contributed by atoms with Crippen molar-refractivity contribution in [1.82, 2.24) is 0 Å². The average molecular weight is 1060 g/mol. The summed E-state index contributed by atoms with van der Waals surface area (Å²) >= 11 is 0. The van der Waals surface area contributed by atoms with Crippen LogP contribution in [0.5, 0.6) is 0 Å². The lowest BCUT2D eigenvalue weighted by Gasteiger charge is -2.18. The highest BCUT2D eigenvalue weighted by Crippen LogP contribution is 2.18. The topological polar surface area (TPSA) is 78.9 Å². The molecule has 6 nitrogen and oxygen atoms in total. The first-order valence-corrected chi connectivity index (χ1v) is 33.3. The number of carbonyl (C=O) groups is 3. The van der Waals surface area contributed by atoms with Gasteiger partial charge < -0.3 is 14.2 Å². The molecule has 0 amide bonds. The van der Waals surface area contributed by atoms with Gasteiger partial charge in [-0.25, -0.2) is 0 Å². The van der Waals surface area contributed by atoms with E-state index in [2.05, 4.69) is 75.5 Å². The Hall–Kier alpha value is -2.89. The molecule has 0 aliphatic rings. The van der Waals surface area contributed by atoms with Crippen LogP contribution in [0.1, 0.15) is 348 Å². The van der Waals surface area contributed by atoms with Crippen molar-refractivity contribution in [3.63, 3.8) is 0 Å². The molecule has 0 aromatic heterocycles. The van der Waals surface area contributed by atoms with E-state index >= 15 is 0 Å². The first-order chi connectivity index (χ1) is 37.5. The number of allylic oxidation sites excluding steroid dienone is 10. The van der Waals surface area contributed by atoms with Gasteiger partial charge in [0.2, 0.25) is 0 Å². The fourth-order valence-corrected chi connectivity index (χ4v) is 9.82. The largest absolute Gasteiger partial charge is 0.462 e. The minimum atomic E-state index is -0.813. The molecule has 0 saturated carbocycles. The number of unbranched alkanes of at least 4 members (excludes halogenated alkanes) is 40. The smallest absolute Gasteiger partial charge is 0.306 e. The summed E-state index contributed by atoms with van der Waals surface area (Å²) in [5.41, 5.74) is 0. The molecule has 0 aliphatic heterocycles. The van der Waals surface area contributed by atoms with E-state index in [9.17, 15) is 14.4 Å². The molecular weight excluding hydrogens is 937 g/mol. The molecule has 0 aliphatic carbocycles. The van der Waals surface area contributed by atoms with E-state index in [4.69, 9.17) is 14.2 Å². The lowest BCUT2D eigenvalue weighted by atomic mass is 10.0. The second-order valence-electron chi connectivity index (χ2n) is 22.4. The lowest BCUT2D eigenvalue weighted by molar-refractivity contribution is -0.166. The van der Waals surface area contributed by atoms with E-state index in [1.165, 1.54) is 218 Å². The molecule has 0 rings (SSSR count). The van der Waals surface area contributed by atoms with Crippen LogP contribution in [0.25, 0.3) is 0 Å². The summed E-state index contributed by atoms with van der Waals surface area (Å²) in [6.45, 7) is 6.43. The predicted octanol–water partition coefficient (Wildman–Crippen LogP) is 22.7. The fraction of sp³-hybridized carbons (Fsp3) is 0.814. The molecule has 0 bridgehead atoms. The Labute approximate surface area is 472 Å². The third-order valence-electron chi connectivity index (χ3n) is 14.8. The van der Waals surface area contributed by atoms with Crippen LogP contribution in [0.2, 0.25) is 0 Å². The number of hydrogen-bond acceptors (Lipinski definition) is 6. The fourth-order valence-electron chi connectivity index (χ4n) is 9.82. The van der Waals surface area contributed by atoms with E-state index in [0.717, 1.165) is 83.5 Å². The normalized spacial score (nSPS) is 12.4. The molecule has 0 heterocycles. The van der Waals surface area contributed by atoms with Gasteiger partial charge in [-0.05, 0) is 64.2 Å². The molecule has 6 heteroatoms. The molecule has 76 heavy (non-hydrogen) atoms. The minimum absolute atomic E-state index is 0.103. The molecule has 0 aromatic carbocycles. The van der Waals surface area contributed by atoms with Crippen LogP contribution in [0.3, 0.4) is 0 Å². The van der Waals surface area contributed by atoms with Gasteiger partial charge in [0, 0.05) is 19.3 Å². The van der Waals surface area contributed by atoms with Crippen LogP contribution in [-0.4, -0.2) is 37.2 Å². The van der Waals surface area contributed by atoms with Gasteiger partial charge >= 0.3 is 17.9 Å². The predicted molar refractivity (Wildman–Crippen MR) is 330 cm³/mol. The van der Waals surface area contributed by atoms with Crippen molar-refractivity contribution < 1.29 is 28.6 Å². The second kappa shape index (κ2) is 64.6. The highest BCUT2D eigenvalue weighted by atomic mass is 16.6. The summed E-state index contributed by atoms with van der Waals surface area (Å²) in [6, 6.07) is 0. The molecule has 0 N–H and O–H groups in total. The quantitative estimate of drug-likeness (QED) is 0.0261. The van der Waals surface area contributed by atoms with Crippen molar-refractivity contribution in [2.45, 2.75) is 354 Å². The monoisotopic (exact) mass is 1060 g/mol. The highest BCUT2D eigenvalue weighted by Gasteiger charge is 2.19. The van der Waals surface area contributed by atoms with Gasteiger partial charge in [-0.2, -0.15) is 0 Å². The van der Waals surface area contributed by atoms with E-state index in [-0.39, 0.29) is 37.5 Å². The van der Waals surface area contributed by atoms with Crippen LogP contribution in [0, 0.1) is 0 Å². The number of hydrogen-bond donors (Lipinski definition) is 0. The van der Waals surface area contributed by atoms with Crippen molar-refractivity contribution in [2.24, 2.45) is 0 Å². The first kappa shape index (κ1) is 73.1. The van der Waals surface area contributed by atoms with E-state index in [1.807, 2.05) is 6.08 Å². The maximum absolute atomic E-state index is 12.8. The first-order valence-electron chi connectivity index (χ1n) is 33.3. The van der Waals surface area contributed by atoms with Crippen molar-refractivity contribution in [3.8, 4) is 0 Å². The summed E-state index contributed by atoms with van der Waals surface area (Å²) in [6.07, 6.45) is 83.1. The van der Waals surface area contributed by atoms with Crippen LogP contribution < -0.4 is 0 Å². The Morgan fingerprint density at radius 3 is 0.908 bits per heavy atom. The maximum Gasteiger partial charge on any atom is 0.306 e. The highest BCUT2D eigenvalue weighted by molar-refractivity contribution is 5.71. The van der Waals surface area contributed by atoms with E-state index in [1.54, 1.807) is 0 Å². The standard InChI is InChI=1S/C70H126O6/c1-4-7-10-13-16-19-22-24-25-26-27-28-29-30-31-32-33-34-35-36-37-38-39-40-41-42-43-44-45-47-48-51-54-57-60-63-69(72)75-66-67(65-74-68(71)62-59-56-53-50-21-18-15-12-9-6-3)76-70(73)64-61-58-55-52-49-46-23-20-17-14-11-8-5-2/h8,11-12,15,17,20,46,49,55,58,67H,4-7,9-10,13-14,16,18-19,21-45,47-48,50-54,56-57,59-66H2,1-3H3/b11-8-,15-12-,20-17-,49-46-,58-55-. The third-order valence-corrected chi connectivity index (χ3v) is 14.8. The zero-order chi connectivity index (χ0) is 55.0. The SMILES string of the molecule is CC/C=C\C/C=C\C/C=C\C/C=C\CCC(=O)OC(COC(=O)CCCCCCC/C=C\CCC)COC(=O)CCCCCCCCCCCCCCCCCCCCCCCCCCCCCCCCCCCCC. The average Bonchev–Trinajstić information content (AvgIpc) is 3.42. The third kappa shape index (κ3) is 62.0. The molecule has 1 atom stereocenters. The zero-order valence-electron chi connectivity index (χ0n) is 50.8. The van der Waals surface area contributed by atoms with Crippen molar-refractivity contribution >= 4 is 17.9 Å². The lowest BCUT2D eigenvalue weighted by Crippen LogP contribution is -2.30. The molecule has 1 unspecified atom stereocenters. The number of carbonyl (C=O) groups excluding carboxylic acids is 3. The van der Waals surface area contributed by atoms with Crippen LogP contribution in [0.4, 0.5) is 0 Å². The molecule has 442 valence electrons. The zero-order valence-corrected chi connectivity index (χ0v) is 50.8. The summed E-state index contributed by atoms with van der Waals surface area (Å²) in [7, 11) is 0. The molecule has 0 saturated heterocycles. The van der Waals surface area contributed by atoms with E-state index < -0.39 is 6.10 Å². The Kier molecular flexibility index (Phi) is 62.2. The Morgan fingerprint density at radius 2 is 0.566 bits per heavy atom. The summed E-state index contributed by atoms with van der Waals surface area (Å²) in [4.78, 5) is 38.0. The maximum atomic E-state index is 12.8. The summed E-state index contributed by atoms with van der Waals surface area (Å²) < 4.78 is 16.8. The molecule has 0 radical (unpaired) electrons. The molecule has 0 aromatic rings.